The summed E-state index contributed by atoms with van der Waals surface area (Å²) in [6, 6.07) is 0. The summed E-state index contributed by atoms with van der Waals surface area (Å²) in [6.07, 6.45) is 5.95. The molecule has 2 heteroatoms. The SMILES string of the molecule is [CH]1C=CCNOC1. The van der Waals surface area contributed by atoms with Crippen LogP contribution in [0.3, 0.4) is 0 Å². The summed E-state index contributed by atoms with van der Waals surface area (Å²) >= 11 is 0. The van der Waals surface area contributed by atoms with Crippen LogP contribution in [-0.2, 0) is 4.84 Å². The van der Waals surface area contributed by atoms with Gasteiger partial charge in [0.2, 0.25) is 0 Å². The van der Waals surface area contributed by atoms with Crippen LogP contribution in [0.2, 0.25) is 0 Å². The molecule has 0 aromatic heterocycles. The summed E-state index contributed by atoms with van der Waals surface area (Å²) in [5, 5.41) is 0. The van der Waals surface area contributed by atoms with Gasteiger partial charge in [-0.15, -0.1) is 0 Å². The van der Waals surface area contributed by atoms with Crippen LogP contribution >= 0.6 is 0 Å². The van der Waals surface area contributed by atoms with E-state index in [2.05, 4.69) is 5.48 Å². The molecular weight excluding hydrogens is 90.1 g/mol. The van der Waals surface area contributed by atoms with Gasteiger partial charge >= 0.3 is 0 Å². The summed E-state index contributed by atoms with van der Waals surface area (Å²) in [4.78, 5) is 4.83. The minimum Gasteiger partial charge on any atom is -0.301 e. The van der Waals surface area contributed by atoms with Crippen molar-refractivity contribution in [1.29, 1.82) is 0 Å². The van der Waals surface area contributed by atoms with Gasteiger partial charge < -0.3 is 4.84 Å². The Morgan fingerprint density at radius 3 is 3.57 bits per heavy atom. The molecule has 1 aliphatic heterocycles. The molecule has 0 atom stereocenters. The van der Waals surface area contributed by atoms with E-state index in [4.69, 9.17) is 4.84 Å². The number of nitrogens with one attached hydrogen (secondary N) is 1. The fourth-order valence-electron chi connectivity index (χ4n) is 0.434. The maximum atomic E-state index is 4.83. The van der Waals surface area contributed by atoms with E-state index in [0.29, 0.717) is 6.61 Å². The number of hydrogen-bond donors (Lipinski definition) is 1. The molecule has 0 unspecified atom stereocenters. The van der Waals surface area contributed by atoms with Crippen molar-refractivity contribution in [3.05, 3.63) is 18.6 Å². The van der Waals surface area contributed by atoms with E-state index >= 15 is 0 Å². The maximum Gasteiger partial charge on any atom is 0.0751 e. The molecular formula is C5H8NO. The Balaban J connectivity index is 2.20. The van der Waals surface area contributed by atoms with Gasteiger partial charge in [-0.1, -0.05) is 12.2 Å². The average molecular weight is 98.1 g/mol. The van der Waals surface area contributed by atoms with E-state index in [9.17, 15) is 0 Å². The molecule has 0 aromatic carbocycles. The van der Waals surface area contributed by atoms with E-state index in [1.807, 2.05) is 18.6 Å². The zero-order valence-electron chi connectivity index (χ0n) is 4.05. The molecule has 1 N–H and O–H groups in total. The summed E-state index contributed by atoms with van der Waals surface area (Å²) in [5.41, 5.74) is 2.73. The molecule has 0 saturated carbocycles. The third-order valence-corrected chi connectivity index (χ3v) is 0.755. The third-order valence-electron chi connectivity index (χ3n) is 0.755. The van der Waals surface area contributed by atoms with Crippen molar-refractivity contribution in [2.24, 2.45) is 0 Å². The van der Waals surface area contributed by atoms with E-state index in [-0.39, 0.29) is 0 Å². The van der Waals surface area contributed by atoms with Crippen LogP contribution in [0.4, 0.5) is 0 Å². The van der Waals surface area contributed by atoms with Gasteiger partial charge in [0.25, 0.3) is 0 Å². The van der Waals surface area contributed by atoms with Crippen LogP contribution in [0.5, 0.6) is 0 Å². The smallest absolute Gasteiger partial charge is 0.0751 e. The second-order valence-electron chi connectivity index (χ2n) is 1.32. The highest BCUT2D eigenvalue weighted by atomic mass is 16.6. The first-order valence-electron chi connectivity index (χ1n) is 2.33. The predicted octanol–water partition coefficient (Wildman–Crippen LogP) is 0.282. The minimum absolute atomic E-state index is 0.677. The van der Waals surface area contributed by atoms with Gasteiger partial charge in [-0.2, -0.15) is 5.48 Å². The highest BCUT2D eigenvalue weighted by Gasteiger charge is 1.86. The molecule has 1 heterocycles. The second kappa shape index (κ2) is 2.77. The van der Waals surface area contributed by atoms with Crippen molar-refractivity contribution in [3.8, 4) is 0 Å². The van der Waals surface area contributed by atoms with Crippen LogP contribution in [0.25, 0.3) is 0 Å². The largest absolute Gasteiger partial charge is 0.301 e. The number of hydrogen-bond acceptors (Lipinski definition) is 2. The van der Waals surface area contributed by atoms with Crippen LogP contribution in [0, 0.1) is 6.42 Å². The second-order valence-corrected chi connectivity index (χ2v) is 1.32. The Bertz CT molecular complexity index is 62.5. The lowest BCUT2D eigenvalue weighted by molar-refractivity contribution is 0.0687. The topological polar surface area (TPSA) is 21.3 Å². The van der Waals surface area contributed by atoms with Crippen LogP contribution in [0.15, 0.2) is 12.2 Å². The Hall–Kier alpha value is -0.340. The summed E-state index contributed by atoms with van der Waals surface area (Å²) in [5.74, 6) is 0. The lowest BCUT2D eigenvalue weighted by Crippen LogP contribution is -2.12. The summed E-state index contributed by atoms with van der Waals surface area (Å²) < 4.78 is 0. The first-order chi connectivity index (χ1) is 3.50. The first-order valence-corrected chi connectivity index (χ1v) is 2.33. The quantitative estimate of drug-likeness (QED) is 0.470. The number of rotatable bonds is 0. The Morgan fingerprint density at radius 1 is 1.57 bits per heavy atom. The molecule has 1 aliphatic rings. The van der Waals surface area contributed by atoms with Gasteiger partial charge in [0.15, 0.2) is 0 Å². The lowest BCUT2D eigenvalue weighted by atomic mass is 10.4. The highest BCUT2D eigenvalue weighted by molar-refractivity contribution is 4.96. The lowest BCUT2D eigenvalue weighted by Gasteiger charge is -1.94. The fourth-order valence-corrected chi connectivity index (χ4v) is 0.434. The summed E-state index contributed by atoms with van der Waals surface area (Å²) in [7, 11) is 0. The molecule has 0 saturated heterocycles. The van der Waals surface area contributed by atoms with Crippen molar-refractivity contribution in [3.63, 3.8) is 0 Å². The average Bonchev–Trinajstić information content (AvgIpc) is 1.90. The van der Waals surface area contributed by atoms with Crippen LogP contribution in [-0.4, -0.2) is 13.2 Å². The monoisotopic (exact) mass is 98.1 g/mol. The standard InChI is InChI=1S/C5H8NO/c1-2-4-6-7-5-3-1/h1-3,6H,4-5H2. The molecule has 2 nitrogen and oxygen atoms in total. The fraction of sp³-hybridized carbons (Fsp3) is 0.400. The maximum absolute atomic E-state index is 4.83. The van der Waals surface area contributed by atoms with Crippen molar-refractivity contribution in [1.82, 2.24) is 5.48 Å². The third kappa shape index (κ3) is 1.71. The van der Waals surface area contributed by atoms with Gasteiger partial charge in [-0.3, -0.25) is 0 Å². The van der Waals surface area contributed by atoms with Gasteiger partial charge in [-0.25, -0.2) is 0 Å². The van der Waals surface area contributed by atoms with Crippen molar-refractivity contribution < 1.29 is 4.84 Å². The van der Waals surface area contributed by atoms with Gasteiger partial charge in [0.1, 0.15) is 0 Å². The molecule has 0 aliphatic carbocycles. The molecule has 0 amide bonds. The van der Waals surface area contributed by atoms with Gasteiger partial charge in [0.05, 0.1) is 6.61 Å². The normalized spacial score (nSPS) is 21.7. The molecule has 0 spiro atoms. The van der Waals surface area contributed by atoms with E-state index in [1.165, 1.54) is 0 Å². The van der Waals surface area contributed by atoms with E-state index in [0.717, 1.165) is 6.54 Å². The van der Waals surface area contributed by atoms with Gasteiger partial charge in [-0.05, 0) is 0 Å². The van der Waals surface area contributed by atoms with E-state index in [1.54, 1.807) is 0 Å². The Kier molecular flexibility index (Phi) is 1.90. The van der Waals surface area contributed by atoms with Crippen LogP contribution < -0.4 is 5.48 Å². The molecule has 0 fully saturated rings. The first kappa shape index (κ1) is 4.81. The number of hydroxylamine groups is 1. The Morgan fingerprint density at radius 2 is 2.57 bits per heavy atom. The highest BCUT2D eigenvalue weighted by Crippen LogP contribution is 1.84. The minimum atomic E-state index is 0.677. The van der Waals surface area contributed by atoms with Gasteiger partial charge in [0, 0.05) is 13.0 Å². The summed E-state index contributed by atoms with van der Waals surface area (Å²) in [6.45, 7) is 1.49. The zero-order chi connectivity index (χ0) is 4.95. The van der Waals surface area contributed by atoms with E-state index < -0.39 is 0 Å². The van der Waals surface area contributed by atoms with Crippen molar-refractivity contribution in [2.45, 2.75) is 0 Å². The van der Waals surface area contributed by atoms with Crippen molar-refractivity contribution >= 4 is 0 Å². The molecule has 39 valence electrons. The van der Waals surface area contributed by atoms with Crippen LogP contribution in [0.1, 0.15) is 0 Å². The molecule has 7 heavy (non-hydrogen) atoms. The zero-order valence-corrected chi connectivity index (χ0v) is 4.05. The molecule has 1 rings (SSSR count). The molecule has 1 radical (unpaired) electrons. The predicted molar refractivity (Wildman–Crippen MR) is 27.4 cm³/mol. The van der Waals surface area contributed by atoms with Crippen molar-refractivity contribution in [2.75, 3.05) is 13.2 Å². The molecule has 0 aromatic rings. The Labute approximate surface area is 43.1 Å². The molecule has 0 bridgehead atoms.